The second kappa shape index (κ2) is 7.26. The molecular weight excluding hydrogens is 242 g/mol. The first-order valence-corrected chi connectivity index (χ1v) is 7.13. The molecule has 0 unspecified atom stereocenters. The summed E-state index contributed by atoms with van der Waals surface area (Å²) in [6.07, 6.45) is 3.82. The van der Waals surface area contributed by atoms with Crippen molar-refractivity contribution in [1.29, 1.82) is 0 Å². The molecule has 0 radical (unpaired) electrons. The molecule has 3 nitrogen and oxygen atoms in total. The SMILES string of the molecule is NCCc1ccc(CNCCc2nccs2)cc1. The van der Waals surface area contributed by atoms with E-state index in [1.807, 2.05) is 11.6 Å². The largest absolute Gasteiger partial charge is 0.330 e. The van der Waals surface area contributed by atoms with E-state index in [-0.39, 0.29) is 0 Å². The zero-order chi connectivity index (χ0) is 12.6. The zero-order valence-electron chi connectivity index (χ0n) is 10.4. The molecule has 0 aliphatic rings. The number of rotatable bonds is 7. The van der Waals surface area contributed by atoms with Crippen LogP contribution in [0, 0.1) is 0 Å². The van der Waals surface area contributed by atoms with Crippen molar-refractivity contribution < 1.29 is 0 Å². The van der Waals surface area contributed by atoms with Crippen LogP contribution in [0.2, 0.25) is 0 Å². The minimum absolute atomic E-state index is 0.714. The van der Waals surface area contributed by atoms with Gasteiger partial charge in [-0.3, -0.25) is 0 Å². The highest BCUT2D eigenvalue weighted by Crippen LogP contribution is 2.06. The van der Waals surface area contributed by atoms with E-state index in [9.17, 15) is 0 Å². The van der Waals surface area contributed by atoms with E-state index in [2.05, 4.69) is 34.6 Å². The molecule has 0 atom stereocenters. The normalized spacial score (nSPS) is 10.7. The number of hydrogen-bond donors (Lipinski definition) is 2. The predicted octanol–water partition coefficient (Wildman–Crippen LogP) is 1.98. The van der Waals surface area contributed by atoms with Gasteiger partial charge in [0.2, 0.25) is 0 Å². The van der Waals surface area contributed by atoms with E-state index in [1.54, 1.807) is 11.3 Å². The second-order valence-corrected chi connectivity index (χ2v) is 5.19. The van der Waals surface area contributed by atoms with Crippen molar-refractivity contribution in [2.45, 2.75) is 19.4 Å². The highest BCUT2D eigenvalue weighted by molar-refractivity contribution is 7.09. The molecule has 4 heteroatoms. The molecule has 1 heterocycles. The van der Waals surface area contributed by atoms with Gasteiger partial charge in [-0.25, -0.2) is 4.98 Å². The Hall–Kier alpha value is -1.23. The first-order chi connectivity index (χ1) is 8.88. The van der Waals surface area contributed by atoms with Gasteiger partial charge in [-0.05, 0) is 24.1 Å². The maximum Gasteiger partial charge on any atom is 0.0937 e. The average Bonchev–Trinajstić information content (AvgIpc) is 2.90. The van der Waals surface area contributed by atoms with E-state index < -0.39 is 0 Å². The fraction of sp³-hybridized carbons (Fsp3) is 0.357. The Balaban J connectivity index is 1.69. The lowest BCUT2D eigenvalue weighted by atomic mass is 10.1. The Morgan fingerprint density at radius 3 is 2.56 bits per heavy atom. The summed E-state index contributed by atoms with van der Waals surface area (Å²) in [5, 5.41) is 6.65. The van der Waals surface area contributed by atoms with Crippen molar-refractivity contribution in [3.63, 3.8) is 0 Å². The molecule has 0 aliphatic carbocycles. The Morgan fingerprint density at radius 1 is 1.11 bits per heavy atom. The molecule has 0 saturated heterocycles. The van der Waals surface area contributed by atoms with Gasteiger partial charge in [0.05, 0.1) is 5.01 Å². The highest BCUT2D eigenvalue weighted by atomic mass is 32.1. The molecule has 2 rings (SSSR count). The van der Waals surface area contributed by atoms with E-state index in [1.165, 1.54) is 16.1 Å². The molecule has 0 fully saturated rings. The number of nitrogens with zero attached hydrogens (tertiary/aromatic N) is 1. The fourth-order valence-corrected chi connectivity index (χ4v) is 2.42. The monoisotopic (exact) mass is 261 g/mol. The predicted molar refractivity (Wildman–Crippen MR) is 76.7 cm³/mol. The highest BCUT2D eigenvalue weighted by Gasteiger charge is 1.97. The summed E-state index contributed by atoms with van der Waals surface area (Å²) in [4.78, 5) is 4.26. The number of aromatic nitrogens is 1. The van der Waals surface area contributed by atoms with E-state index in [4.69, 9.17) is 5.73 Å². The van der Waals surface area contributed by atoms with Gasteiger partial charge >= 0.3 is 0 Å². The zero-order valence-corrected chi connectivity index (χ0v) is 11.2. The number of hydrogen-bond acceptors (Lipinski definition) is 4. The second-order valence-electron chi connectivity index (χ2n) is 4.21. The summed E-state index contributed by atoms with van der Waals surface area (Å²) in [6, 6.07) is 8.65. The van der Waals surface area contributed by atoms with Crippen LogP contribution in [0.5, 0.6) is 0 Å². The first-order valence-electron chi connectivity index (χ1n) is 6.25. The maximum atomic E-state index is 5.53. The Kier molecular flexibility index (Phi) is 5.33. The maximum absolute atomic E-state index is 5.53. The van der Waals surface area contributed by atoms with Gasteiger partial charge in [0.1, 0.15) is 0 Å². The molecule has 18 heavy (non-hydrogen) atoms. The van der Waals surface area contributed by atoms with Crippen LogP contribution in [0.25, 0.3) is 0 Å². The third kappa shape index (κ3) is 4.22. The molecule has 96 valence electrons. The lowest BCUT2D eigenvalue weighted by Gasteiger charge is -2.05. The van der Waals surface area contributed by atoms with Gasteiger partial charge in [0.15, 0.2) is 0 Å². The van der Waals surface area contributed by atoms with Crippen LogP contribution in [0.4, 0.5) is 0 Å². The molecule has 0 bridgehead atoms. The number of benzene rings is 1. The Morgan fingerprint density at radius 2 is 1.89 bits per heavy atom. The van der Waals surface area contributed by atoms with Gasteiger partial charge in [0, 0.05) is 31.1 Å². The van der Waals surface area contributed by atoms with E-state index in [0.717, 1.165) is 25.9 Å². The number of nitrogens with two attached hydrogens (primary N) is 1. The summed E-state index contributed by atoms with van der Waals surface area (Å²) < 4.78 is 0. The number of nitrogens with one attached hydrogen (secondary N) is 1. The van der Waals surface area contributed by atoms with E-state index in [0.29, 0.717) is 6.54 Å². The molecule has 1 aromatic heterocycles. The van der Waals surface area contributed by atoms with Crippen molar-refractivity contribution in [3.05, 3.63) is 52.0 Å². The summed E-state index contributed by atoms with van der Waals surface area (Å²) in [5.74, 6) is 0. The summed E-state index contributed by atoms with van der Waals surface area (Å²) in [7, 11) is 0. The van der Waals surface area contributed by atoms with Crippen LogP contribution in [0.15, 0.2) is 35.8 Å². The van der Waals surface area contributed by atoms with Crippen LogP contribution in [0.3, 0.4) is 0 Å². The van der Waals surface area contributed by atoms with Gasteiger partial charge in [-0.2, -0.15) is 0 Å². The van der Waals surface area contributed by atoms with Crippen molar-refractivity contribution in [1.82, 2.24) is 10.3 Å². The quantitative estimate of drug-likeness (QED) is 0.749. The molecule has 0 amide bonds. The molecular formula is C14H19N3S. The molecule has 1 aromatic carbocycles. The summed E-state index contributed by atoms with van der Waals surface area (Å²) in [5.41, 5.74) is 8.15. The van der Waals surface area contributed by atoms with Crippen LogP contribution in [-0.2, 0) is 19.4 Å². The lowest BCUT2D eigenvalue weighted by molar-refractivity contribution is 0.685. The first kappa shape index (κ1) is 13.2. The Labute approximate surface area is 112 Å². The van der Waals surface area contributed by atoms with Gasteiger partial charge in [-0.1, -0.05) is 24.3 Å². The van der Waals surface area contributed by atoms with Crippen molar-refractivity contribution in [3.8, 4) is 0 Å². The topological polar surface area (TPSA) is 50.9 Å². The van der Waals surface area contributed by atoms with Crippen LogP contribution in [0.1, 0.15) is 16.1 Å². The fourth-order valence-electron chi connectivity index (χ4n) is 1.79. The molecule has 2 aromatic rings. The molecule has 0 saturated carbocycles. The number of thiazole rings is 1. The van der Waals surface area contributed by atoms with Crippen LogP contribution in [-0.4, -0.2) is 18.1 Å². The smallest absolute Gasteiger partial charge is 0.0937 e. The van der Waals surface area contributed by atoms with Crippen molar-refractivity contribution in [2.75, 3.05) is 13.1 Å². The molecule has 3 N–H and O–H groups in total. The third-order valence-corrected chi connectivity index (χ3v) is 3.62. The van der Waals surface area contributed by atoms with Gasteiger partial charge < -0.3 is 11.1 Å². The third-order valence-electron chi connectivity index (χ3n) is 2.78. The van der Waals surface area contributed by atoms with Gasteiger partial charge in [-0.15, -0.1) is 11.3 Å². The van der Waals surface area contributed by atoms with Crippen molar-refractivity contribution >= 4 is 11.3 Å². The Bertz CT molecular complexity index is 437. The summed E-state index contributed by atoms with van der Waals surface area (Å²) >= 11 is 1.71. The minimum Gasteiger partial charge on any atom is -0.330 e. The minimum atomic E-state index is 0.714. The van der Waals surface area contributed by atoms with Gasteiger partial charge in [0.25, 0.3) is 0 Å². The van der Waals surface area contributed by atoms with Crippen LogP contribution >= 0.6 is 11.3 Å². The molecule has 0 spiro atoms. The van der Waals surface area contributed by atoms with Crippen molar-refractivity contribution in [2.24, 2.45) is 5.73 Å². The van der Waals surface area contributed by atoms with E-state index >= 15 is 0 Å². The van der Waals surface area contributed by atoms with Crippen LogP contribution < -0.4 is 11.1 Å². The summed E-state index contributed by atoms with van der Waals surface area (Å²) in [6.45, 7) is 2.59. The lowest BCUT2D eigenvalue weighted by Crippen LogP contribution is -2.16. The average molecular weight is 261 g/mol. The molecule has 0 aliphatic heterocycles. The standard InChI is InChI=1S/C14H19N3S/c15-7-5-12-1-3-13(4-2-12)11-16-8-6-14-17-9-10-18-14/h1-4,9-10,16H,5-8,11,15H2.